The van der Waals surface area contributed by atoms with Crippen molar-refractivity contribution in [3.05, 3.63) is 35.4 Å². The molecule has 0 aliphatic heterocycles. The van der Waals surface area contributed by atoms with Gasteiger partial charge in [-0.2, -0.15) is 0 Å². The minimum atomic E-state index is -0.893. The molecule has 0 bridgehead atoms. The first-order chi connectivity index (χ1) is 9.13. The number of nitrogens with one attached hydrogen (secondary N) is 2. The number of amides is 2. The number of aliphatic carboxylic acids is 1. The van der Waals surface area contributed by atoms with Crippen molar-refractivity contribution in [1.29, 1.82) is 0 Å². The standard InChI is InChI=1S/C14H16N2O3/c1-2-3-8-15-14(19)16-10-12-7-5-4-6-11(12)9-13(17)18/h4-7H,8-10H2,1H3,(H,17,18)(H2,15,16,19). The van der Waals surface area contributed by atoms with Crippen LogP contribution >= 0.6 is 0 Å². The Morgan fingerprint density at radius 2 is 1.89 bits per heavy atom. The molecular formula is C14H16N2O3. The van der Waals surface area contributed by atoms with E-state index in [2.05, 4.69) is 22.5 Å². The molecule has 0 heterocycles. The van der Waals surface area contributed by atoms with Crippen LogP contribution in [0.25, 0.3) is 0 Å². The van der Waals surface area contributed by atoms with Crippen LogP contribution in [-0.4, -0.2) is 23.7 Å². The third-order valence-electron chi connectivity index (χ3n) is 2.41. The van der Waals surface area contributed by atoms with Crippen LogP contribution in [0.2, 0.25) is 0 Å². The van der Waals surface area contributed by atoms with Crippen molar-refractivity contribution >= 4 is 12.0 Å². The summed E-state index contributed by atoms with van der Waals surface area (Å²) in [7, 11) is 0. The normalized spacial score (nSPS) is 9.11. The summed E-state index contributed by atoms with van der Waals surface area (Å²) in [5.74, 6) is 4.49. The topological polar surface area (TPSA) is 78.4 Å². The van der Waals surface area contributed by atoms with E-state index in [1.54, 1.807) is 25.1 Å². The lowest BCUT2D eigenvalue weighted by Crippen LogP contribution is -2.35. The fourth-order valence-corrected chi connectivity index (χ4v) is 1.52. The number of rotatable bonds is 5. The van der Waals surface area contributed by atoms with Gasteiger partial charge in [0, 0.05) is 6.54 Å². The first-order valence-electron chi connectivity index (χ1n) is 5.83. The molecule has 0 atom stereocenters. The lowest BCUT2D eigenvalue weighted by atomic mass is 10.0. The molecule has 0 aliphatic carbocycles. The summed E-state index contributed by atoms with van der Waals surface area (Å²) in [5, 5.41) is 14.0. The Morgan fingerprint density at radius 3 is 2.53 bits per heavy atom. The Kier molecular flexibility index (Phi) is 5.96. The van der Waals surface area contributed by atoms with Crippen LogP contribution in [0.5, 0.6) is 0 Å². The molecule has 19 heavy (non-hydrogen) atoms. The molecule has 0 fully saturated rings. The van der Waals surface area contributed by atoms with Crippen LogP contribution in [0, 0.1) is 11.8 Å². The zero-order valence-corrected chi connectivity index (χ0v) is 10.7. The van der Waals surface area contributed by atoms with Gasteiger partial charge >= 0.3 is 12.0 Å². The van der Waals surface area contributed by atoms with Crippen LogP contribution in [0.3, 0.4) is 0 Å². The fraction of sp³-hybridized carbons (Fsp3) is 0.286. The molecule has 5 nitrogen and oxygen atoms in total. The molecule has 1 aromatic rings. The minimum absolute atomic E-state index is 0.0548. The molecule has 0 aromatic heterocycles. The van der Waals surface area contributed by atoms with E-state index in [4.69, 9.17) is 5.11 Å². The van der Waals surface area contributed by atoms with E-state index >= 15 is 0 Å². The van der Waals surface area contributed by atoms with Crippen LogP contribution in [-0.2, 0) is 17.8 Å². The Hall–Kier alpha value is -2.48. The van der Waals surface area contributed by atoms with Gasteiger partial charge in [0.2, 0.25) is 0 Å². The number of hydrogen-bond acceptors (Lipinski definition) is 2. The van der Waals surface area contributed by atoms with Crippen molar-refractivity contribution in [2.75, 3.05) is 6.54 Å². The quantitative estimate of drug-likeness (QED) is 0.695. The van der Waals surface area contributed by atoms with E-state index in [0.29, 0.717) is 12.1 Å². The summed E-state index contributed by atoms with van der Waals surface area (Å²) in [6.45, 7) is 2.27. The van der Waals surface area contributed by atoms with Gasteiger partial charge in [0.05, 0.1) is 13.0 Å². The number of hydrogen-bond donors (Lipinski definition) is 3. The van der Waals surface area contributed by atoms with E-state index in [1.165, 1.54) is 0 Å². The summed E-state index contributed by atoms with van der Waals surface area (Å²) in [6.07, 6.45) is -0.0548. The van der Waals surface area contributed by atoms with Gasteiger partial charge in [-0.3, -0.25) is 4.79 Å². The average molecular weight is 260 g/mol. The molecule has 0 unspecified atom stereocenters. The molecule has 0 aliphatic rings. The van der Waals surface area contributed by atoms with Gasteiger partial charge in [-0.25, -0.2) is 4.79 Å². The third-order valence-corrected chi connectivity index (χ3v) is 2.41. The van der Waals surface area contributed by atoms with Gasteiger partial charge in [-0.05, 0) is 18.1 Å². The zero-order chi connectivity index (χ0) is 14.1. The second kappa shape index (κ2) is 7.77. The van der Waals surface area contributed by atoms with E-state index in [0.717, 1.165) is 5.56 Å². The monoisotopic (exact) mass is 260 g/mol. The first-order valence-corrected chi connectivity index (χ1v) is 5.83. The van der Waals surface area contributed by atoms with Gasteiger partial charge in [0.25, 0.3) is 0 Å². The molecule has 1 rings (SSSR count). The third kappa shape index (κ3) is 5.59. The Labute approximate surface area is 112 Å². The van der Waals surface area contributed by atoms with Crippen molar-refractivity contribution in [2.45, 2.75) is 19.9 Å². The SMILES string of the molecule is CC#CCNC(=O)NCc1ccccc1CC(=O)O. The first kappa shape index (κ1) is 14.6. The van der Waals surface area contributed by atoms with Gasteiger partial charge in [-0.1, -0.05) is 30.2 Å². The highest BCUT2D eigenvalue weighted by Gasteiger charge is 2.07. The van der Waals surface area contributed by atoms with E-state index in [-0.39, 0.29) is 19.0 Å². The lowest BCUT2D eigenvalue weighted by Gasteiger charge is -2.09. The maximum atomic E-state index is 11.4. The molecule has 0 radical (unpaired) electrons. The van der Waals surface area contributed by atoms with Gasteiger partial charge in [0.15, 0.2) is 0 Å². The van der Waals surface area contributed by atoms with Gasteiger partial charge in [0.1, 0.15) is 0 Å². The second-order valence-corrected chi connectivity index (χ2v) is 3.80. The number of carbonyl (C=O) groups excluding carboxylic acids is 1. The largest absolute Gasteiger partial charge is 0.481 e. The smallest absolute Gasteiger partial charge is 0.315 e. The highest BCUT2D eigenvalue weighted by Crippen LogP contribution is 2.09. The van der Waals surface area contributed by atoms with Gasteiger partial charge < -0.3 is 15.7 Å². The molecule has 100 valence electrons. The lowest BCUT2D eigenvalue weighted by molar-refractivity contribution is -0.136. The molecule has 3 N–H and O–H groups in total. The number of urea groups is 1. The van der Waals surface area contributed by atoms with Crippen LogP contribution in [0.4, 0.5) is 4.79 Å². The maximum Gasteiger partial charge on any atom is 0.315 e. The second-order valence-electron chi connectivity index (χ2n) is 3.80. The highest BCUT2D eigenvalue weighted by atomic mass is 16.4. The Balaban J connectivity index is 2.54. The number of carboxylic acids is 1. The van der Waals surface area contributed by atoms with Crippen LogP contribution < -0.4 is 10.6 Å². The van der Waals surface area contributed by atoms with E-state index in [9.17, 15) is 9.59 Å². The predicted molar refractivity (Wildman–Crippen MR) is 71.5 cm³/mol. The molecule has 0 spiro atoms. The highest BCUT2D eigenvalue weighted by molar-refractivity contribution is 5.74. The Morgan fingerprint density at radius 1 is 1.21 bits per heavy atom. The van der Waals surface area contributed by atoms with Crippen molar-refractivity contribution in [3.8, 4) is 11.8 Å². The average Bonchev–Trinajstić information content (AvgIpc) is 2.37. The van der Waals surface area contributed by atoms with E-state index in [1.807, 2.05) is 6.07 Å². The zero-order valence-electron chi connectivity index (χ0n) is 10.7. The fourth-order valence-electron chi connectivity index (χ4n) is 1.52. The van der Waals surface area contributed by atoms with Crippen molar-refractivity contribution < 1.29 is 14.7 Å². The van der Waals surface area contributed by atoms with Crippen molar-refractivity contribution in [1.82, 2.24) is 10.6 Å². The number of carboxylic acid groups (broad SMARTS) is 1. The summed E-state index contributed by atoms with van der Waals surface area (Å²) in [6, 6.07) is 6.80. The number of benzene rings is 1. The molecule has 1 aromatic carbocycles. The maximum absolute atomic E-state index is 11.4. The molecule has 0 saturated carbocycles. The van der Waals surface area contributed by atoms with Crippen LogP contribution in [0.1, 0.15) is 18.1 Å². The summed E-state index contributed by atoms with van der Waals surface area (Å²) < 4.78 is 0. The predicted octanol–water partition coefficient (Wildman–Crippen LogP) is 1.14. The molecule has 0 saturated heterocycles. The molecule has 2 amide bonds. The van der Waals surface area contributed by atoms with Crippen molar-refractivity contribution in [2.24, 2.45) is 0 Å². The summed E-state index contributed by atoms with van der Waals surface area (Å²) in [4.78, 5) is 22.1. The Bertz CT molecular complexity index is 515. The van der Waals surface area contributed by atoms with Crippen molar-refractivity contribution in [3.63, 3.8) is 0 Å². The molecular weight excluding hydrogens is 244 g/mol. The summed E-state index contributed by atoms with van der Waals surface area (Å²) >= 11 is 0. The van der Waals surface area contributed by atoms with E-state index < -0.39 is 5.97 Å². The van der Waals surface area contributed by atoms with Crippen LogP contribution in [0.15, 0.2) is 24.3 Å². The van der Waals surface area contributed by atoms with Gasteiger partial charge in [-0.15, -0.1) is 5.92 Å². The minimum Gasteiger partial charge on any atom is -0.481 e. The number of carbonyl (C=O) groups is 2. The molecule has 5 heteroatoms. The summed E-state index contributed by atoms with van der Waals surface area (Å²) in [5.41, 5.74) is 1.49.